The molecule has 0 aromatic rings. The molecule has 0 aliphatic heterocycles. The number of hydrogen-bond acceptors (Lipinski definition) is 6. The molecule has 0 radical (unpaired) electrons. The van der Waals surface area contributed by atoms with Gasteiger partial charge in [-0.1, -0.05) is 0 Å². The van der Waals surface area contributed by atoms with E-state index in [1.54, 1.807) is 0 Å². The van der Waals surface area contributed by atoms with E-state index < -0.39 is 10.2 Å². The third-order valence-corrected chi connectivity index (χ3v) is 0. The Morgan fingerprint density at radius 1 is 0.800 bits per heavy atom. The Morgan fingerprint density at radius 2 is 0.800 bits per heavy atom. The van der Waals surface area contributed by atoms with Crippen LogP contribution in [-0.4, -0.2) is 85.6 Å². The summed E-state index contributed by atoms with van der Waals surface area (Å²) in [7, 11) is 0. The SMILES string of the molecule is O=[N+]([O-])[O-].O=[N+]([O-])[O-].[Ca+2].[CaH2]. The van der Waals surface area contributed by atoms with Crippen molar-refractivity contribution in [3.05, 3.63) is 30.6 Å². The normalized spacial score (nSPS) is 4.80. The molecule has 0 atom stereocenters. The minimum absolute atomic E-state index is 0. The van der Waals surface area contributed by atoms with Gasteiger partial charge >= 0.3 is 75.5 Å². The van der Waals surface area contributed by atoms with Crippen LogP contribution in [0, 0.1) is 30.6 Å². The molecule has 0 unspecified atom stereocenters. The molecule has 0 amide bonds. The van der Waals surface area contributed by atoms with E-state index in [2.05, 4.69) is 0 Å². The summed E-state index contributed by atoms with van der Waals surface area (Å²) in [6, 6.07) is 0. The van der Waals surface area contributed by atoms with Crippen molar-refractivity contribution >= 4 is 75.5 Å². The Kier molecular flexibility index (Phi) is 37.0. The van der Waals surface area contributed by atoms with Crippen LogP contribution >= 0.6 is 0 Å². The molecular formula is H2Ca2N2O6. The molecule has 0 aromatic carbocycles. The van der Waals surface area contributed by atoms with E-state index in [0.29, 0.717) is 0 Å². The molecule has 0 rings (SSSR count). The zero-order valence-electron chi connectivity index (χ0n) is 4.05. The average molecular weight is 206 g/mol. The van der Waals surface area contributed by atoms with E-state index in [0.717, 1.165) is 0 Å². The fourth-order valence-corrected chi connectivity index (χ4v) is 0. The molecule has 0 heterocycles. The zero-order valence-corrected chi connectivity index (χ0v) is 6.26. The molecule has 0 fully saturated rings. The maximum absolute atomic E-state index is 8.25. The van der Waals surface area contributed by atoms with Gasteiger partial charge in [-0.3, -0.25) is 0 Å². The molecule has 0 aliphatic carbocycles. The first-order valence-electron chi connectivity index (χ1n) is 1.10. The van der Waals surface area contributed by atoms with Gasteiger partial charge in [0.1, 0.15) is 0 Å². The second-order valence-electron chi connectivity index (χ2n) is 0.447. The summed E-state index contributed by atoms with van der Waals surface area (Å²) in [6.45, 7) is 0. The predicted octanol–water partition coefficient (Wildman–Crippen LogP) is -1.78. The van der Waals surface area contributed by atoms with Crippen LogP contribution in [0.1, 0.15) is 0 Å². The van der Waals surface area contributed by atoms with Crippen LogP contribution in [0.25, 0.3) is 0 Å². The monoisotopic (exact) mass is 206 g/mol. The van der Waals surface area contributed by atoms with E-state index in [9.17, 15) is 0 Å². The number of rotatable bonds is 0. The standard InChI is InChI=1S/2Ca.2NO3.2H/c;;2*2-1(3)4;;/q;+2;2*-1;;. The van der Waals surface area contributed by atoms with Crippen molar-refractivity contribution in [2.24, 2.45) is 0 Å². The van der Waals surface area contributed by atoms with E-state index in [1.807, 2.05) is 0 Å². The molecule has 0 saturated heterocycles. The first-order chi connectivity index (χ1) is 3.46. The summed E-state index contributed by atoms with van der Waals surface area (Å²) < 4.78 is 0. The number of nitrogens with zero attached hydrogens (tertiary/aromatic N) is 2. The third-order valence-electron chi connectivity index (χ3n) is 0. The van der Waals surface area contributed by atoms with Gasteiger partial charge in [-0.25, -0.2) is 0 Å². The molecule has 10 heavy (non-hydrogen) atoms. The van der Waals surface area contributed by atoms with Crippen LogP contribution in [0.4, 0.5) is 0 Å². The van der Waals surface area contributed by atoms with Crippen LogP contribution in [0.15, 0.2) is 0 Å². The van der Waals surface area contributed by atoms with E-state index in [1.165, 1.54) is 0 Å². The fourth-order valence-electron chi connectivity index (χ4n) is 0. The van der Waals surface area contributed by atoms with Gasteiger partial charge in [-0.2, -0.15) is 0 Å². The Labute approximate surface area is 114 Å². The zero-order chi connectivity index (χ0) is 7.15. The summed E-state index contributed by atoms with van der Waals surface area (Å²) in [4.78, 5) is 16.5. The van der Waals surface area contributed by atoms with Crippen LogP contribution < -0.4 is 0 Å². The summed E-state index contributed by atoms with van der Waals surface area (Å²) >= 11 is 0. The van der Waals surface area contributed by atoms with Gasteiger partial charge in [0.15, 0.2) is 0 Å². The molecule has 52 valence electrons. The second kappa shape index (κ2) is 16.5. The Bertz CT molecular complexity index is 71.7. The summed E-state index contributed by atoms with van der Waals surface area (Å²) in [5.41, 5.74) is 0. The maximum atomic E-state index is 8.25. The van der Waals surface area contributed by atoms with Gasteiger partial charge in [-0.05, 0) is 0 Å². The Hall–Kier alpha value is 0.919. The van der Waals surface area contributed by atoms with Gasteiger partial charge in [0.25, 0.3) is 0 Å². The number of hydrogen-bond donors (Lipinski definition) is 0. The van der Waals surface area contributed by atoms with Crippen LogP contribution in [0.3, 0.4) is 0 Å². The molecule has 0 N–H and O–H groups in total. The van der Waals surface area contributed by atoms with Crippen molar-refractivity contribution in [1.82, 2.24) is 0 Å². The average Bonchev–Trinajstić information content (AvgIpc) is 1.25. The third kappa shape index (κ3) is 662. The molecule has 10 heteroatoms. The quantitative estimate of drug-likeness (QED) is 0.261. The van der Waals surface area contributed by atoms with E-state index in [4.69, 9.17) is 30.6 Å². The van der Waals surface area contributed by atoms with Crippen LogP contribution in [0.2, 0.25) is 0 Å². The van der Waals surface area contributed by atoms with Crippen molar-refractivity contribution in [1.29, 1.82) is 0 Å². The molecule has 0 bridgehead atoms. The summed E-state index contributed by atoms with van der Waals surface area (Å²) in [6.07, 6.45) is 0. The second-order valence-corrected chi connectivity index (χ2v) is 0.447. The summed E-state index contributed by atoms with van der Waals surface area (Å²) in [5, 5.41) is 29.5. The van der Waals surface area contributed by atoms with E-state index >= 15 is 0 Å². The topological polar surface area (TPSA) is 132 Å². The molecule has 0 saturated carbocycles. The van der Waals surface area contributed by atoms with Gasteiger partial charge < -0.3 is 30.6 Å². The van der Waals surface area contributed by atoms with Gasteiger partial charge in [0.05, 0.1) is 10.2 Å². The van der Waals surface area contributed by atoms with Gasteiger partial charge in [-0.15, -0.1) is 0 Å². The van der Waals surface area contributed by atoms with Crippen molar-refractivity contribution in [2.75, 3.05) is 0 Å². The van der Waals surface area contributed by atoms with E-state index in [-0.39, 0.29) is 75.5 Å². The predicted molar refractivity (Wildman–Crippen MR) is 35.0 cm³/mol. The summed E-state index contributed by atoms with van der Waals surface area (Å²) in [5.74, 6) is 0. The minimum atomic E-state index is -1.75. The van der Waals surface area contributed by atoms with Crippen molar-refractivity contribution in [3.8, 4) is 0 Å². The Morgan fingerprint density at radius 3 is 0.800 bits per heavy atom. The van der Waals surface area contributed by atoms with Crippen molar-refractivity contribution in [2.45, 2.75) is 0 Å². The molecule has 0 aliphatic rings. The molecule has 8 nitrogen and oxygen atoms in total. The molecular weight excluding hydrogens is 204 g/mol. The Balaban J connectivity index is -0.0000000300. The molecule has 0 aromatic heterocycles. The van der Waals surface area contributed by atoms with Crippen LogP contribution in [-0.2, 0) is 0 Å². The first-order valence-corrected chi connectivity index (χ1v) is 1.10. The van der Waals surface area contributed by atoms with Crippen molar-refractivity contribution in [3.63, 3.8) is 0 Å². The van der Waals surface area contributed by atoms with Crippen LogP contribution in [0.5, 0.6) is 0 Å². The van der Waals surface area contributed by atoms with Gasteiger partial charge in [0, 0.05) is 0 Å². The molecule has 0 spiro atoms. The van der Waals surface area contributed by atoms with Crippen molar-refractivity contribution < 1.29 is 10.2 Å². The van der Waals surface area contributed by atoms with Gasteiger partial charge in [0.2, 0.25) is 0 Å². The fraction of sp³-hybridized carbons (Fsp3) is 0. The first kappa shape index (κ1) is 22.4.